The van der Waals surface area contributed by atoms with E-state index in [1.165, 1.54) is 11.3 Å². The first-order chi connectivity index (χ1) is 8.56. The van der Waals surface area contributed by atoms with Gasteiger partial charge in [0.1, 0.15) is 0 Å². The summed E-state index contributed by atoms with van der Waals surface area (Å²) in [5.41, 5.74) is 2.39. The molecule has 0 heterocycles. The van der Waals surface area contributed by atoms with Gasteiger partial charge in [-0.1, -0.05) is 19.1 Å². The van der Waals surface area contributed by atoms with Gasteiger partial charge in [0, 0.05) is 32.9 Å². The SMILES string of the molecule is CCN(Cc1ccc(N(C)C)cc1)C[C@@H](O)CO. The highest BCUT2D eigenvalue weighted by molar-refractivity contribution is 5.45. The Kier molecular flexibility index (Phi) is 6.12. The van der Waals surface area contributed by atoms with E-state index in [1.54, 1.807) is 0 Å². The van der Waals surface area contributed by atoms with Crippen LogP contribution in [0.4, 0.5) is 5.69 Å². The molecule has 0 fully saturated rings. The Bertz CT molecular complexity index is 338. The monoisotopic (exact) mass is 252 g/mol. The third-order valence-corrected chi connectivity index (χ3v) is 2.99. The van der Waals surface area contributed by atoms with Gasteiger partial charge in [-0.05, 0) is 24.2 Å². The molecule has 18 heavy (non-hydrogen) atoms. The lowest BCUT2D eigenvalue weighted by Gasteiger charge is -2.23. The van der Waals surface area contributed by atoms with Crippen LogP contribution in [-0.4, -0.2) is 55.0 Å². The van der Waals surface area contributed by atoms with E-state index in [2.05, 4.69) is 41.0 Å². The Morgan fingerprint density at radius 2 is 1.78 bits per heavy atom. The van der Waals surface area contributed by atoms with E-state index >= 15 is 0 Å². The van der Waals surface area contributed by atoms with Crippen molar-refractivity contribution in [3.63, 3.8) is 0 Å². The van der Waals surface area contributed by atoms with E-state index in [9.17, 15) is 5.11 Å². The number of hydrogen-bond acceptors (Lipinski definition) is 4. The lowest BCUT2D eigenvalue weighted by molar-refractivity contribution is 0.0584. The fourth-order valence-corrected chi connectivity index (χ4v) is 1.82. The minimum absolute atomic E-state index is 0.184. The number of aliphatic hydroxyl groups excluding tert-OH is 2. The average Bonchev–Trinajstić information content (AvgIpc) is 2.38. The molecule has 0 aromatic heterocycles. The van der Waals surface area contributed by atoms with Crippen molar-refractivity contribution in [1.82, 2.24) is 4.90 Å². The molecular formula is C14H24N2O2. The van der Waals surface area contributed by atoms with E-state index in [0.717, 1.165) is 13.1 Å². The number of likely N-dealkylation sites (N-methyl/N-ethyl adjacent to an activating group) is 1. The number of hydrogen-bond donors (Lipinski definition) is 2. The predicted molar refractivity (Wildman–Crippen MR) is 74.8 cm³/mol. The zero-order chi connectivity index (χ0) is 13.5. The van der Waals surface area contributed by atoms with Gasteiger partial charge in [-0.25, -0.2) is 0 Å². The van der Waals surface area contributed by atoms with E-state index in [1.807, 2.05) is 14.1 Å². The molecule has 2 N–H and O–H groups in total. The van der Waals surface area contributed by atoms with E-state index in [4.69, 9.17) is 5.11 Å². The summed E-state index contributed by atoms with van der Waals surface area (Å²) in [5.74, 6) is 0. The lowest BCUT2D eigenvalue weighted by atomic mass is 10.2. The molecule has 0 saturated carbocycles. The standard InChI is InChI=1S/C14H24N2O2/c1-4-16(10-14(18)11-17)9-12-5-7-13(8-6-12)15(2)3/h5-8,14,17-18H,4,9-11H2,1-3H3/t14-/m1/s1. The van der Waals surface area contributed by atoms with Crippen LogP contribution in [0.3, 0.4) is 0 Å². The first kappa shape index (κ1) is 15.0. The summed E-state index contributed by atoms with van der Waals surface area (Å²) in [7, 11) is 4.04. The first-order valence-electron chi connectivity index (χ1n) is 6.34. The Morgan fingerprint density at radius 3 is 2.22 bits per heavy atom. The van der Waals surface area contributed by atoms with Crippen LogP contribution in [0.2, 0.25) is 0 Å². The van der Waals surface area contributed by atoms with Crippen molar-refractivity contribution in [1.29, 1.82) is 0 Å². The quantitative estimate of drug-likeness (QED) is 0.758. The van der Waals surface area contributed by atoms with Gasteiger partial charge in [0.15, 0.2) is 0 Å². The molecule has 0 saturated heterocycles. The minimum Gasteiger partial charge on any atom is -0.394 e. The van der Waals surface area contributed by atoms with Crippen LogP contribution in [0.5, 0.6) is 0 Å². The third-order valence-electron chi connectivity index (χ3n) is 2.99. The van der Waals surface area contributed by atoms with Crippen molar-refractivity contribution in [3.8, 4) is 0 Å². The number of aliphatic hydroxyl groups is 2. The molecule has 0 aliphatic heterocycles. The van der Waals surface area contributed by atoms with Gasteiger partial charge < -0.3 is 15.1 Å². The Labute approximate surface area is 109 Å². The molecule has 1 atom stereocenters. The summed E-state index contributed by atoms with van der Waals surface area (Å²) in [6.07, 6.45) is -0.661. The summed E-state index contributed by atoms with van der Waals surface area (Å²) in [6.45, 7) is 4.02. The van der Waals surface area contributed by atoms with Crippen molar-refractivity contribution in [3.05, 3.63) is 29.8 Å². The molecule has 1 rings (SSSR count). The highest BCUT2D eigenvalue weighted by Gasteiger charge is 2.09. The third kappa shape index (κ3) is 4.64. The van der Waals surface area contributed by atoms with Gasteiger partial charge in [0.25, 0.3) is 0 Å². The molecule has 1 aromatic rings. The molecule has 1 aromatic carbocycles. The Balaban J connectivity index is 2.59. The first-order valence-corrected chi connectivity index (χ1v) is 6.34. The maximum absolute atomic E-state index is 9.46. The summed E-state index contributed by atoms with van der Waals surface area (Å²) >= 11 is 0. The van der Waals surface area contributed by atoms with Crippen molar-refractivity contribution in [2.45, 2.75) is 19.6 Å². The average molecular weight is 252 g/mol. The number of rotatable bonds is 7. The number of nitrogens with zero attached hydrogens (tertiary/aromatic N) is 2. The highest BCUT2D eigenvalue weighted by Crippen LogP contribution is 2.13. The molecule has 0 aliphatic rings. The summed E-state index contributed by atoms with van der Waals surface area (Å²) in [6, 6.07) is 8.38. The normalized spacial score (nSPS) is 12.8. The molecule has 0 unspecified atom stereocenters. The van der Waals surface area contributed by atoms with Crippen molar-refractivity contribution in [2.24, 2.45) is 0 Å². The van der Waals surface area contributed by atoms with Gasteiger partial charge in [-0.3, -0.25) is 4.90 Å². The molecule has 4 nitrogen and oxygen atoms in total. The van der Waals surface area contributed by atoms with Crippen LogP contribution in [0.1, 0.15) is 12.5 Å². The molecule has 102 valence electrons. The second-order valence-corrected chi connectivity index (χ2v) is 4.73. The maximum Gasteiger partial charge on any atom is 0.0897 e. The topological polar surface area (TPSA) is 46.9 Å². The van der Waals surface area contributed by atoms with Gasteiger partial charge >= 0.3 is 0 Å². The smallest absolute Gasteiger partial charge is 0.0897 e. The van der Waals surface area contributed by atoms with Gasteiger partial charge in [-0.15, -0.1) is 0 Å². The van der Waals surface area contributed by atoms with Crippen LogP contribution in [0.25, 0.3) is 0 Å². The van der Waals surface area contributed by atoms with Crippen LogP contribution in [0.15, 0.2) is 24.3 Å². The molecule has 0 bridgehead atoms. The van der Waals surface area contributed by atoms with E-state index in [0.29, 0.717) is 6.54 Å². The summed E-state index contributed by atoms with van der Waals surface area (Å²) < 4.78 is 0. The van der Waals surface area contributed by atoms with Crippen molar-refractivity contribution < 1.29 is 10.2 Å². The van der Waals surface area contributed by atoms with Gasteiger partial charge in [0.2, 0.25) is 0 Å². The molecule has 0 aliphatic carbocycles. The van der Waals surface area contributed by atoms with Crippen LogP contribution >= 0.6 is 0 Å². The molecule has 0 amide bonds. The number of benzene rings is 1. The lowest BCUT2D eigenvalue weighted by Crippen LogP contribution is -2.33. The van der Waals surface area contributed by atoms with Gasteiger partial charge in [0.05, 0.1) is 12.7 Å². The molecule has 0 radical (unpaired) electrons. The van der Waals surface area contributed by atoms with E-state index in [-0.39, 0.29) is 6.61 Å². The zero-order valence-corrected chi connectivity index (χ0v) is 11.5. The van der Waals surface area contributed by atoms with Crippen LogP contribution < -0.4 is 4.90 Å². The van der Waals surface area contributed by atoms with Gasteiger partial charge in [-0.2, -0.15) is 0 Å². The Morgan fingerprint density at radius 1 is 1.17 bits per heavy atom. The maximum atomic E-state index is 9.46. The van der Waals surface area contributed by atoms with Crippen LogP contribution in [-0.2, 0) is 6.54 Å². The van der Waals surface area contributed by atoms with Crippen molar-refractivity contribution in [2.75, 3.05) is 38.7 Å². The fourth-order valence-electron chi connectivity index (χ4n) is 1.82. The molecule has 4 heteroatoms. The van der Waals surface area contributed by atoms with Crippen molar-refractivity contribution >= 4 is 5.69 Å². The van der Waals surface area contributed by atoms with Crippen LogP contribution in [0, 0.1) is 0 Å². The summed E-state index contributed by atoms with van der Waals surface area (Å²) in [4.78, 5) is 4.18. The fraction of sp³-hybridized carbons (Fsp3) is 0.571. The molecule has 0 spiro atoms. The largest absolute Gasteiger partial charge is 0.394 e. The summed E-state index contributed by atoms with van der Waals surface area (Å²) in [5, 5.41) is 18.3. The Hall–Kier alpha value is -1.10. The second-order valence-electron chi connectivity index (χ2n) is 4.73. The number of anilines is 1. The predicted octanol–water partition coefficient (Wildman–Crippen LogP) is 0.928. The molecular weight excluding hydrogens is 228 g/mol. The highest BCUT2D eigenvalue weighted by atomic mass is 16.3. The minimum atomic E-state index is -0.661. The second kappa shape index (κ2) is 7.36. The van der Waals surface area contributed by atoms with E-state index < -0.39 is 6.10 Å². The zero-order valence-electron chi connectivity index (χ0n) is 11.5.